The molecule has 0 spiro atoms. The van der Waals surface area contributed by atoms with E-state index >= 15 is 0 Å². The molecule has 3 heteroatoms. The van der Waals surface area contributed by atoms with Crippen molar-refractivity contribution in [1.29, 1.82) is 0 Å². The van der Waals surface area contributed by atoms with Crippen molar-refractivity contribution in [2.75, 3.05) is 13.1 Å². The number of hydrogen-bond acceptors (Lipinski definition) is 3. The molecule has 2 N–H and O–H groups in total. The van der Waals surface area contributed by atoms with Crippen LogP contribution >= 0.6 is 0 Å². The highest BCUT2D eigenvalue weighted by Crippen LogP contribution is 2.62. The van der Waals surface area contributed by atoms with Gasteiger partial charge >= 0.3 is 0 Å². The topological polar surface area (TPSA) is 41.1 Å². The van der Waals surface area contributed by atoms with E-state index in [1.54, 1.807) is 0 Å². The van der Waals surface area contributed by atoms with Crippen LogP contribution in [-0.4, -0.2) is 24.9 Å². The molecular weight excluding hydrogens is 380 g/mol. The van der Waals surface area contributed by atoms with Crippen molar-refractivity contribution in [3.05, 3.63) is 11.8 Å². The molecule has 1 aliphatic heterocycles. The molecule has 4 aliphatic rings. The molecule has 3 nitrogen and oxygen atoms in total. The molecule has 0 radical (unpaired) electrons. The lowest BCUT2D eigenvalue weighted by Gasteiger charge is -2.58. The van der Waals surface area contributed by atoms with Crippen molar-refractivity contribution in [3.63, 3.8) is 0 Å². The number of carbonyl (C=O) groups is 1. The van der Waals surface area contributed by atoms with E-state index < -0.39 is 0 Å². The number of carbonyl (C=O) groups excluding carboxylic acids is 1. The van der Waals surface area contributed by atoms with Crippen LogP contribution in [0.3, 0.4) is 0 Å². The molecule has 0 aromatic rings. The number of fused-ring (bicyclic) bond motifs is 5. The van der Waals surface area contributed by atoms with Crippen LogP contribution in [0, 0.1) is 28.6 Å². The van der Waals surface area contributed by atoms with E-state index in [0.29, 0.717) is 17.2 Å². The summed E-state index contributed by atoms with van der Waals surface area (Å²) in [5.41, 5.74) is 1.93. The number of unbranched alkanes of at least 4 members (excludes halogenated alkanes) is 7. The Balaban J connectivity index is 1.27. The standard InChI is InChI=1S/C28H48N2O/c1-4-5-6-7-8-9-10-11-18-29-25-13-12-23-22-20-30-26-19-21(31)14-16-28(26,3)24(22)15-17-27(23,25)2/h19,22-25,29-30H,4-18,20H2,1-3H3/t22-,23-,24-,25?,27-,28+/m0/s1. The van der Waals surface area contributed by atoms with E-state index in [0.717, 1.165) is 37.1 Å². The highest BCUT2D eigenvalue weighted by molar-refractivity contribution is 5.91. The predicted octanol–water partition coefficient (Wildman–Crippen LogP) is 6.38. The second kappa shape index (κ2) is 9.98. The summed E-state index contributed by atoms with van der Waals surface area (Å²) in [6.45, 7) is 9.64. The highest BCUT2D eigenvalue weighted by atomic mass is 16.1. The van der Waals surface area contributed by atoms with E-state index in [9.17, 15) is 4.79 Å². The van der Waals surface area contributed by atoms with Crippen LogP contribution in [0.2, 0.25) is 0 Å². The lowest BCUT2D eigenvalue weighted by molar-refractivity contribution is -0.117. The zero-order valence-electron chi connectivity index (χ0n) is 20.6. The third kappa shape index (κ3) is 4.63. The van der Waals surface area contributed by atoms with E-state index in [1.807, 2.05) is 6.08 Å². The van der Waals surface area contributed by atoms with Crippen LogP contribution in [0.4, 0.5) is 0 Å². The maximum Gasteiger partial charge on any atom is 0.157 e. The zero-order chi connectivity index (χ0) is 21.9. The summed E-state index contributed by atoms with van der Waals surface area (Å²) in [7, 11) is 0. The lowest BCUT2D eigenvalue weighted by atomic mass is 9.50. The molecule has 2 saturated carbocycles. The fourth-order valence-electron chi connectivity index (χ4n) is 8.02. The SMILES string of the molecule is CCCCCCCCCCNC1CC[C@H]2[C@@H]3CNC4=CC(=O)CC[C@]4(C)[C@H]3CC[C@]12C. The average molecular weight is 429 g/mol. The second-order valence-electron chi connectivity index (χ2n) is 11.8. The number of hydrogen-bond donors (Lipinski definition) is 2. The van der Waals surface area contributed by atoms with E-state index in [2.05, 4.69) is 31.4 Å². The largest absolute Gasteiger partial charge is 0.387 e. The quantitative estimate of drug-likeness (QED) is 0.396. The lowest BCUT2D eigenvalue weighted by Crippen LogP contribution is -2.58. The Morgan fingerprint density at radius 3 is 2.48 bits per heavy atom. The molecule has 6 atom stereocenters. The fourth-order valence-corrected chi connectivity index (χ4v) is 8.02. The van der Waals surface area contributed by atoms with Crippen LogP contribution < -0.4 is 10.6 Å². The van der Waals surface area contributed by atoms with E-state index in [-0.39, 0.29) is 5.41 Å². The van der Waals surface area contributed by atoms with Gasteiger partial charge in [0.15, 0.2) is 5.78 Å². The summed E-state index contributed by atoms with van der Waals surface area (Å²) in [6.07, 6.45) is 20.4. The van der Waals surface area contributed by atoms with Crippen molar-refractivity contribution in [2.24, 2.45) is 28.6 Å². The maximum absolute atomic E-state index is 12.0. The Kier molecular flexibility index (Phi) is 7.51. The van der Waals surface area contributed by atoms with Crippen LogP contribution in [0.15, 0.2) is 11.8 Å². The van der Waals surface area contributed by atoms with Gasteiger partial charge in [-0.05, 0) is 68.2 Å². The Morgan fingerprint density at radius 2 is 1.71 bits per heavy atom. The van der Waals surface area contributed by atoms with Crippen LogP contribution in [-0.2, 0) is 4.79 Å². The molecule has 4 rings (SSSR count). The highest BCUT2D eigenvalue weighted by Gasteiger charge is 2.59. The van der Waals surface area contributed by atoms with Gasteiger partial charge in [0.25, 0.3) is 0 Å². The van der Waals surface area contributed by atoms with Crippen molar-refractivity contribution in [3.8, 4) is 0 Å². The minimum absolute atomic E-state index is 0.209. The van der Waals surface area contributed by atoms with Crippen molar-refractivity contribution < 1.29 is 4.79 Å². The molecule has 31 heavy (non-hydrogen) atoms. The van der Waals surface area contributed by atoms with Gasteiger partial charge < -0.3 is 10.6 Å². The summed E-state index contributed by atoms with van der Waals surface area (Å²) in [6, 6.07) is 0.709. The second-order valence-corrected chi connectivity index (χ2v) is 11.8. The summed E-state index contributed by atoms with van der Waals surface area (Å²) >= 11 is 0. The van der Waals surface area contributed by atoms with Gasteiger partial charge in [0.2, 0.25) is 0 Å². The third-order valence-corrected chi connectivity index (χ3v) is 10.0. The molecule has 0 bridgehead atoms. The van der Waals surface area contributed by atoms with Gasteiger partial charge in [-0.3, -0.25) is 4.79 Å². The fraction of sp³-hybridized carbons (Fsp3) is 0.893. The van der Waals surface area contributed by atoms with Crippen LogP contribution in [0.1, 0.15) is 111 Å². The summed E-state index contributed by atoms with van der Waals surface area (Å²) < 4.78 is 0. The molecular formula is C28H48N2O. The first-order valence-corrected chi connectivity index (χ1v) is 13.7. The molecule has 1 saturated heterocycles. The van der Waals surface area contributed by atoms with Gasteiger partial charge in [-0.2, -0.15) is 0 Å². The van der Waals surface area contributed by atoms with Crippen LogP contribution in [0.25, 0.3) is 0 Å². The minimum Gasteiger partial charge on any atom is -0.387 e. The van der Waals surface area contributed by atoms with Gasteiger partial charge in [-0.1, -0.05) is 65.7 Å². The molecule has 3 aliphatic carbocycles. The molecule has 0 aromatic heterocycles. The van der Waals surface area contributed by atoms with Gasteiger partial charge in [0.05, 0.1) is 0 Å². The monoisotopic (exact) mass is 428 g/mol. The van der Waals surface area contributed by atoms with E-state index in [1.165, 1.54) is 89.3 Å². The molecule has 3 fully saturated rings. The van der Waals surface area contributed by atoms with E-state index in [4.69, 9.17) is 0 Å². The van der Waals surface area contributed by atoms with Gasteiger partial charge in [-0.15, -0.1) is 0 Å². The smallest absolute Gasteiger partial charge is 0.157 e. The normalized spacial score (nSPS) is 39.3. The number of piperidine rings is 1. The molecule has 176 valence electrons. The number of nitrogens with one attached hydrogen (secondary N) is 2. The molecule has 1 unspecified atom stereocenters. The number of rotatable bonds is 10. The Hall–Kier alpha value is -0.830. The number of allylic oxidation sites excluding steroid dienone is 2. The Morgan fingerprint density at radius 1 is 0.968 bits per heavy atom. The average Bonchev–Trinajstić information content (AvgIpc) is 3.09. The molecule has 0 aromatic carbocycles. The predicted molar refractivity (Wildman–Crippen MR) is 130 cm³/mol. The minimum atomic E-state index is 0.209. The van der Waals surface area contributed by atoms with Crippen molar-refractivity contribution >= 4 is 5.78 Å². The summed E-state index contributed by atoms with van der Waals surface area (Å²) in [5, 5.41) is 7.76. The van der Waals surface area contributed by atoms with Crippen molar-refractivity contribution in [2.45, 2.75) is 117 Å². The number of ketones is 1. The van der Waals surface area contributed by atoms with Crippen LogP contribution in [0.5, 0.6) is 0 Å². The van der Waals surface area contributed by atoms with Gasteiger partial charge in [0.1, 0.15) is 0 Å². The Bertz CT molecular complexity index is 657. The molecule has 1 heterocycles. The molecule has 0 amide bonds. The third-order valence-electron chi connectivity index (χ3n) is 10.0. The van der Waals surface area contributed by atoms with Gasteiger partial charge in [-0.25, -0.2) is 0 Å². The summed E-state index contributed by atoms with van der Waals surface area (Å²) in [4.78, 5) is 12.0. The van der Waals surface area contributed by atoms with Crippen molar-refractivity contribution in [1.82, 2.24) is 10.6 Å². The first-order chi connectivity index (χ1) is 15.0. The van der Waals surface area contributed by atoms with Gasteiger partial charge in [0, 0.05) is 36.2 Å². The first-order valence-electron chi connectivity index (χ1n) is 13.7. The first kappa shape index (κ1) is 23.3. The Labute approximate surface area is 191 Å². The summed E-state index contributed by atoms with van der Waals surface area (Å²) in [5.74, 6) is 2.71. The zero-order valence-corrected chi connectivity index (χ0v) is 20.6. The maximum atomic E-state index is 12.0.